The summed E-state index contributed by atoms with van der Waals surface area (Å²) in [4.78, 5) is 12.6. The third-order valence-electron chi connectivity index (χ3n) is 4.52. The fourth-order valence-corrected chi connectivity index (χ4v) is 2.86. The van der Waals surface area contributed by atoms with Crippen LogP contribution in [0.1, 0.15) is 54.6 Å². The van der Waals surface area contributed by atoms with Gasteiger partial charge >= 0.3 is 0 Å². The van der Waals surface area contributed by atoms with Crippen LogP contribution in [-0.2, 0) is 0 Å². The highest BCUT2D eigenvalue weighted by Crippen LogP contribution is 2.38. The van der Waals surface area contributed by atoms with Gasteiger partial charge in [0, 0.05) is 11.5 Å². The van der Waals surface area contributed by atoms with Gasteiger partial charge in [-0.15, -0.1) is 0 Å². The van der Waals surface area contributed by atoms with Gasteiger partial charge in [0.15, 0.2) is 17.5 Å². The predicted octanol–water partition coefficient (Wildman–Crippen LogP) is 4.33. The van der Waals surface area contributed by atoms with E-state index in [0.29, 0.717) is 23.3 Å². The van der Waals surface area contributed by atoms with Crippen LogP contribution in [0.5, 0.6) is 0 Å². The number of aromatic nitrogens is 4. The van der Waals surface area contributed by atoms with Crippen molar-refractivity contribution in [3.63, 3.8) is 0 Å². The lowest BCUT2D eigenvalue weighted by atomic mass is 10.1. The van der Waals surface area contributed by atoms with E-state index in [2.05, 4.69) is 25.4 Å². The van der Waals surface area contributed by atoms with Crippen molar-refractivity contribution in [1.82, 2.24) is 20.1 Å². The van der Waals surface area contributed by atoms with E-state index in [1.165, 1.54) is 0 Å². The van der Waals surface area contributed by atoms with E-state index in [1.54, 1.807) is 13.8 Å². The quantitative estimate of drug-likeness (QED) is 0.735. The van der Waals surface area contributed by atoms with Gasteiger partial charge in [-0.05, 0) is 51.3 Å². The maximum Gasteiger partial charge on any atom is 0.257 e. The minimum absolute atomic E-state index is 0.114. The molecule has 1 aliphatic carbocycles. The first-order valence-electron chi connectivity index (χ1n) is 8.72. The fourth-order valence-electron chi connectivity index (χ4n) is 2.86. The molecule has 2 aromatic heterocycles. The number of rotatable bonds is 5. The van der Waals surface area contributed by atoms with Crippen LogP contribution in [-0.4, -0.2) is 20.1 Å². The molecule has 1 aromatic carbocycles. The number of hydrogen-bond donors (Lipinski definition) is 1. The molecule has 0 saturated heterocycles. The monoisotopic (exact) mass is 353 g/mol. The Kier molecular flexibility index (Phi) is 4.14. The summed E-state index contributed by atoms with van der Waals surface area (Å²) in [5.74, 6) is 2.13. The molecule has 2 heterocycles. The van der Waals surface area contributed by atoms with Crippen molar-refractivity contribution in [2.24, 2.45) is 0 Å². The van der Waals surface area contributed by atoms with Gasteiger partial charge in [-0.25, -0.2) is 14.4 Å². The third kappa shape index (κ3) is 3.29. The van der Waals surface area contributed by atoms with E-state index < -0.39 is 5.82 Å². The second kappa shape index (κ2) is 6.48. The molecule has 0 aliphatic heterocycles. The summed E-state index contributed by atoms with van der Waals surface area (Å²) in [5.41, 5.74) is 2.22. The van der Waals surface area contributed by atoms with Gasteiger partial charge in [0.1, 0.15) is 5.82 Å². The number of benzene rings is 1. The number of nitrogens with zero attached hydrogens (tertiary/aromatic N) is 4. The Labute approximate surface area is 150 Å². The van der Waals surface area contributed by atoms with Gasteiger partial charge in [0.25, 0.3) is 5.89 Å². The molecule has 0 spiro atoms. The summed E-state index contributed by atoms with van der Waals surface area (Å²) in [6.07, 6.45) is 2.28. The fraction of sp³-hybridized carbons (Fsp3) is 0.368. The molecule has 4 rings (SSSR count). The van der Waals surface area contributed by atoms with Crippen LogP contribution in [0.3, 0.4) is 0 Å². The average molecular weight is 353 g/mol. The molecule has 1 atom stereocenters. The Morgan fingerprint density at radius 2 is 1.85 bits per heavy atom. The second-order valence-corrected chi connectivity index (χ2v) is 6.74. The smallest absolute Gasteiger partial charge is 0.257 e. The summed E-state index contributed by atoms with van der Waals surface area (Å²) < 4.78 is 19.5. The molecule has 1 saturated carbocycles. The largest absolute Gasteiger partial charge is 0.361 e. The maximum absolute atomic E-state index is 14.2. The number of aryl methyl sites for hydroxylation is 2. The van der Waals surface area contributed by atoms with Gasteiger partial charge < -0.3 is 9.84 Å². The minimum Gasteiger partial charge on any atom is -0.361 e. The molecular formula is C19H20FN5O. The first kappa shape index (κ1) is 16.6. The lowest BCUT2D eigenvalue weighted by Gasteiger charge is -2.16. The summed E-state index contributed by atoms with van der Waals surface area (Å²) in [6, 6.07) is 7.69. The molecule has 0 radical (unpaired) electrons. The highest BCUT2D eigenvalue weighted by molar-refractivity contribution is 5.54. The average Bonchev–Trinajstić information content (AvgIpc) is 3.36. The summed E-state index contributed by atoms with van der Waals surface area (Å²) in [6.45, 7) is 5.34. The Balaban J connectivity index is 1.50. The van der Waals surface area contributed by atoms with Gasteiger partial charge in [0.05, 0.1) is 11.7 Å². The maximum atomic E-state index is 14.2. The van der Waals surface area contributed by atoms with Crippen LogP contribution < -0.4 is 5.32 Å². The van der Waals surface area contributed by atoms with Crippen molar-refractivity contribution in [1.29, 1.82) is 0 Å². The molecule has 134 valence electrons. The van der Waals surface area contributed by atoms with Crippen LogP contribution in [0.25, 0.3) is 11.5 Å². The minimum atomic E-state index is -0.419. The zero-order chi connectivity index (χ0) is 18.3. The number of hydrogen-bond acceptors (Lipinski definition) is 6. The Morgan fingerprint density at radius 3 is 2.54 bits per heavy atom. The topological polar surface area (TPSA) is 76.7 Å². The van der Waals surface area contributed by atoms with Crippen molar-refractivity contribution in [3.8, 4) is 11.5 Å². The second-order valence-electron chi connectivity index (χ2n) is 6.74. The van der Waals surface area contributed by atoms with Crippen LogP contribution >= 0.6 is 0 Å². The van der Waals surface area contributed by atoms with Gasteiger partial charge in [-0.3, -0.25) is 0 Å². The molecule has 0 amide bonds. The van der Waals surface area contributed by atoms with E-state index in [0.717, 1.165) is 29.8 Å². The summed E-state index contributed by atoms with van der Waals surface area (Å²) >= 11 is 0. The van der Waals surface area contributed by atoms with E-state index in [1.807, 2.05) is 31.2 Å². The summed E-state index contributed by atoms with van der Waals surface area (Å²) in [7, 11) is 0. The van der Waals surface area contributed by atoms with Gasteiger partial charge in [0.2, 0.25) is 0 Å². The normalized spacial score (nSPS) is 15.1. The SMILES string of the molecule is Cc1nc(C)c(F)c(NC(C)c2ccc(-c3nc(C4CC4)no3)cc2)n1. The highest BCUT2D eigenvalue weighted by atomic mass is 19.1. The van der Waals surface area contributed by atoms with Crippen molar-refractivity contribution in [2.45, 2.75) is 45.6 Å². The van der Waals surface area contributed by atoms with Crippen LogP contribution in [0.2, 0.25) is 0 Å². The third-order valence-corrected chi connectivity index (χ3v) is 4.52. The predicted molar refractivity (Wildman–Crippen MR) is 95.2 cm³/mol. The molecule has 1 unspecified atom stereocenters. The van der Waals surface area contributed by atoms with Crippen LogP contribution in [0.4, 0.5) is 10.2 Å². The molecule has 1 fully saturated rings. The number of nitrogens with one attached hydrogen (secondary N) is 1. The molecule has 1 N–H and O–H groups in total. The lowest BCUT2D eigenvalue weighted by Crippen LogP contribution is -2.11. The Bertz CT molecular complexity index is 934. The Hall–Kier alpha value is -2.83. The van der Waals surface area contributed by atoms with Gasteiger partial charge in [-0.2, -0.15) is 4.98 Å². The molecular weight excluding hydrogens is 333 g/mol. The molecule has 26 heavy (non-hydrogen) atoms. The van der Waals surface area contributed by atoms with E-state index >= 15 is 0 Å². The van der Waals surface area contributed by atoms with Crippen molar-refractivity contribution in [3.05, 3.63) is 53.0 Å². The van der Waals surface area contributed by atoms with E-state index in [9.17, 15) is 4.39 Å². The number of anilines is 1. The van der Waals surface area contributed by atoms with Crippen molar-refractivity contribution < 1.29 is 8.91 Å². The highest BCUT2D eigenvalue weighted by Gasteiger charge is 2.29. The van der Waals surface area contributed by atoms with Crippen LogP contribution in [0.15, 0.2) is 28.8 Å². The van der Waals surface area contributed by atoms with Crippen molar-refractivity contribution in [2.75, 3.05) is 5.32 Å². The van der Waals surface area contributed by atoms with Gasteiger partial charge in [-0.1, -0.05) is 17.3 Å². The lowest BCUT2D eigenvalue weighted by molar-refractivity contribution is 0.422. The van der Waals surface area contributed by atoms with Crippen molar-refractivity contribution >= 4 is 5.82 Å². The first-order chi connectivity index (χ1) is 12.5. The van der Waals surface area contributed by atoms with Crippen LogP contribution in [0, 0.1) is 19.7 Å². The van der Waals surface area contributed by atoms with E-state index in [4.69, 9.17) is 4.52 Å². The van der Waals surface area contributed by atoms with E-state index in [-0.39, 0.29) is 11.9 Å². The molecule has 7 heteroatoms. The number of halogens is 1. The Morgan fingerprint density at radius 1 is 1.12 bits per heavy atom. The standard InChI is InChI=1S/C19H20FN5O/c1-10(22-18-16(20)11(2)21-12(3)23-18)13-4-8-15(9-5-13)19-24-17(25-26-19)14-6-7-14/h4-5,8-10,14H,6-7H2,1-3H3,(H,21,22,23). The molecule has 3 aromatic rings. The zero-order valence-corrected chi connectivity index (χ0v) is 15.0. The summed E-state index contributed by atoms with van der Waals surface area (Å²) in [5, 5.41) is 7.16. The zero-order valence-electron chi connectivity index (χ0n) is 15.0. The molecule has 1 aliphatic rings. The molecule has 0 bridgehead atoms. The molecule has 6 nitrogen and oxygen atoms in total. The first-order valence-corrected chi connectivity index (χ1v) is 8.72.